The summed E-state index contributed by atoms with van der Waals surface area (Å²) < 4.78 is 18.2. The van der Waals surface area contributed by atoms with Crippen molar-refractivity contribution >= 4 is 55.8 Å². The van der Waals surface area contributed by atoms with Gasteiger partial charge in [0.15, 0.2) is 5.82 Å². The van der Waals surface area contributed by atoms with Gasteiger partial charge in [-0.15, -0.1) is 0 Å². The number of anilines is 2. The van der Waals surface area contributed by atoms with Gasteiger partial charge in [-0.05, 0) is 49.4 Å². The summed E-state index contributed by atoms with van der Waals surface area (Å²) in [6, 6.07) is 6.83. The van der Waals surface area contributed by atoms with Crippen LogP contribution < -0.4 is 10.8 Å². The van der Waals surface area contributed by atoms with E-state index < -0.39 is 11.7 Å². The SMILES string of the molecule is CCCCn1cnc2c(F)c(Nc3ccc(Br)cc3Cl)c(C(=O)NOCC3CC3)cc21. The molecule has 1 amide bonds. The molecule has 9 heteroatoms. The predicted octanol–water partition coefficient (Wildman–Crippen LogP) is 6.21. The normalized spacial score (nSPS) is 13.5. The molecule has 2 aromatic carbocycles. The number of amides is 1. The van der Waals surface area contributed by atoms with Crippen molar-refractivity contribution in [3.8, 4) is 0 Å². The Kier molecular flexibility index (Phi) is 6.79. The largest absolute Gasteiger partial charge is 0.351 e. The van der Waals surface area contributed by atoms with Crippen LogP contribution >= 0.6 is 27.5 Å². The highest BCUT2D eigenvalue weighted by atomic mass is 79.9. The zero-order chi connectivity index (χ0) is 22.0. The van der Waals surface area contributed by atoms with E-state index in [1.807, 2.05) is 4.57 Å². The number of fused-ring (bicyclic) bond motifs is 1. The third kappa shape index (κ3) is 5.02. The van der Waals surface area contributed by atoms with E-state index in [0.29, 0.717) is 35.3 Å². The van der Waals surface area contributed by atoms with Crippen molar-refractivity contribution < 1.29 is 14.0 Å². The Morgan fingerprint density at radius 2 is 2.19 bits per heavy atom. The van der Waals surface area contributed by atoms with Gasteiger partial charge in [0, 0.05) is 11.0 Å². The van der Waals surface area contributed by atoms with Crippen LogP contribution in [0.15, 0.2) is 35.1 Å². The summed E-state index contributed by atoms with van der Waals surface area (Å²) in [5.41, 5.74) is 3.81. The topological polar surface area (TPSA) is 68.2 Å². The molecule has 1 aromatic heterocycles. The molecule has 0 saturated heterocycles. The number of hydrogen-bond acceptors (Lipinski definition) is 4. The highest BCUT2D eigenvalue weighted by Gasteiger charge is 2.25. The average molecular weight is 510 g/mol. The van der Waals surface area contributed by atoms with Crippen LogP contribution in [-0.4, -0.2) is 22.1 Å². The number of imidazole rings is 1. The summed E-state index contributed by atoms with van der Waals surface area (Å²) in [4.78, 5) is 22.5. The zero-order valence-electron chi connectivity index (χ0n) is 17.1. The number of halogens is 3. The number of nitrogens with one attached hydrogen (secondary N) is 2. The number of aryl methyl sites for hydroxylation is 1. The van der Waals surface area contributed by atoms with E-state index >= 15 is 4.39 Å². The van der Waals surface area contributed by atoms with Gasteiger partial charge in [0.1, 0.15) is 5.52 Å². The Bertz CT molecular complexity index is 1120. The third-order valence-electron chi connectivity index (χ3n) is 5.22. The lowest BCUT2D eigenvalue weighted by Gasteiger charge is -2.15. The van der Waals surface area contributed by atoms with E-state index in [-0.39, 0.29) is 16.8 Å². The molecule has 1 aliphatic carbocycles. The molecule has 1 aliphatic rings. The van der Waals surface area contributed by atoms with E-state index in [1.54, 1.807) is 30.6 Å². The van der Waals surface area contributed by atoms with Crippen molar-refractivity contribution in [1.29, 1.82) is 0 Å². The molecular weight excluding hydrogens is 487 g/mol. The molecule has 0 aliphatic heterocycles. The van der Waals surface area contributed by atoms with Crippen LogP contribution in [0, 0.1) is 11.7 Å². The Labute approximate surface area is 193 Å². The second-order valence-corrected chi connectivity index (χ2v) is 9.03. The van der Waals surface area contributed by atoms with Crippen LogP contribution in [0.1, 0.15) is 43.0 Å². The van der Waals surface area contributed by atoms with E-state index in [2.05, 4.69) is 38.6 Å². The van der Waals surface area contributed by atoms with Gasteiger partial charge < -0.3 is 9.88 Å². The molecule has 1 heterocycles. The maximum absolute atomic E-state index is 15.6. The minimum Gasteiger partial charge on any atom is -0.351 e. The summed E-state index contributed by atoms with van der Waals surface area (Å²) in [6.07, 6.45) is 5.72. The Hall–Kier alpha value is -2.16. The van der Waals surface area contributed by atoms with Crippen molar-refractivity contribution in [3.05, 3.63) is 51.5 Å². The molecule has 2 N–H and O–H groups in total. The molecule has 31 heavy (non-hydrogen) atoms. The van der Waals surface area contributed by atoms with Crippen LogP contribution in [0.3, 0.4) is 0 Å². The van der Waals surface area contributed by atoms with Crippen LogP contribution in [0.4, 0.5) is 15.8 Å². The molecule has 0 radical (unpaired) electrons. The number of rotatable bonds is 9. The quantitative estimate of drug-likeness (QED) is 0.337. The Morgan fingerprint density at radius 1 is 1.39 bits per heavy atom. The average Bonchev–Trinajstić information content (AvgIpc) is 3.48. The highest BCUT2D eigenvalue weighted by Crippen LogP contribution is 2.34. The molecule has 3 aromatic rings. The van der Waals surface area contributed by atoms with Gasteiger partial charge in [-0.3, -0.25) is 9.63 Å². The molecule has 0 unspecified atom stereocenters. The van der Waals surface area contributed by atoms with Gasteiger partial charge >= 0.3 is 0 Å². The van der Waals surface area contributed by atoms with E-state index in [1.165, 1.54) is 0 Å². The molecule has 1 fully saturated rings. The number of carbonyl (C=O) groups excluding carboxylic acids is 1. The Morgan fingerprint density at radius 3 is 2.90 bits per heavy atom. The van der Waals surface area contributed by atoms with Crippen LogP contribution in [-0.2, 0) is 11.4 Å². The van der Waals surface area contributed by atoms with Crippen LogP contribution in [0.25, 0.3) is 11.0 Å². The first-order chi connectivity index (χ1) is 15.0. The minimum absolute atomic E-state index is 0.00462. The van der Waals surface area contributed by atoms with Gasteiger partial charge in [0.05, 0.1) is 40.4 Å². The number of hydrogen-bond donors (Lipinski definition) is 2. The van der Waals surface area contributed by atoms with E-state index in [0.717, 1.165) is 30.2 Å². The third-order valence-corrected chi connectivity index (χ3v) is 6.03. The maximum Gasteiger partial charge on any atom is 0.277 e. The fourth-order valence-electron chi connectivity index (χ4n) is 3.26. The second-order valence-electron chi connectivity index (χ2n) is 7.71. The number of benzene rings is 2. The minimum atomic E-state index is -0.612. The van der Waals surface area contributed by atoms with Crippen LogP contribution in [0.2, 0.25) is 5.02 Å². The molecule has 0 bridgehead atoms. The van der Waals surface area contributed by atoms with Gasteiger partial charge in [0.25, 0.3) is 5.91 Å². The number of hydroxylamine groups is 1. The molecule has 164 valence electrons. The maximum atomic E-state index is 15.6. The summed E-state index contributed by atoms with van der Waals surface area (Å²) in [5, 5.41) is 3.37. The fraction of sp³-hybridized carbons (Fsp3) is 0.364. The summed E-state index contributed by atoms with van der Waals surface area (Å²) in [7, 11) is 0. The summed E-state index contributed by atoms with van der Waals surface area (Å²) in [6.45, 7) is 3.23. The number of nitrogens with zero attached hydrogens (tertiary/aromatic N) is 2. The second kappa shape index (κ2) is 9.54. The van der Waals surface area contributed by atoms with Gasteiger partial charge in [-0.1, -0.05) is 40.9 Å². The van der Waals surface area contributed by atoms with Crippen molar-refractivity contribution in [2.24, 2.45) is 5.92 Å². The smallest absolute Gasteiger partial charge is 0.277 e. The molecule has 0 atom stereocenters. The number of carbonyl (C=O) groups is 1. The highest BCUT2D eigenvalue weighted by molar-refractivity contribution is 9.10. The first kappa shape index (κ1) is 22.0. The fourth-order valence-corrected chi connectivity index (χ4v) is 3.98. The molecule has 1 saturated carbocycles. The van der Waals surface area contributed by atoms with Crippen molar-refractivity contribution in [2.75, 3.05) is 11.9 Å². The van der Waals surface area contributed by atoms with Crippen molar-refractivity contribution in [1.82, 2.24) is 15.0 Å². The van der Waals surface area contributed by atoms with Gasteiger partial charge in [-0.2, -0.15) is 0 Å². The van der Waals surface area contributed by atoms with Gasteiger partial charge in [-0.25, -0.2) is 14.9 Å². The first-order valence-corrected chi connectivity index (χ1v) is 11.5. The molecule has 0 spiro atoms. The standard InChI is InChI=1S/C22H23BrClFN4O2/c1-2-3-8-29-12-26-21-18(29)10-15(22(30)28-31-11-13-4-5-13)20(19(21)25)27-17-7-6-14(23)9-16(17)24/h6-7,9-10,12-13,27H,2-5,8,11H2,1H3,(H,28,30). The van der Waals surface area contributed by atoms with E-state index in [9.17, 15) is 4.79 Å². The van der Waals surface area contributed by atoms with Crippen molar-refractivity contribution in [3.63, 3.8) is 0 Å². The molecule has 6 nitrogen and oxygen atoms in total. The zero-order valence-corrected chi connectivity index (χ0v) is 19.4. The summed E-state index contributed by atoms with van der Waals surface area (Å²) >= 11 is 9.66. The summed E-state index contributed by atoms with van der Waals surface area (Å²) in [5.74, 6) is -0.659. The predicted molar refractivity (Wildman–Crippen MR) is 123 cm³/mol. The monoisotopic (exact) mass is 508 g/mol. The lowest BCUT2D eigenvalue weighted by Crippen LogP contribution is -2.26. The lowest BCUT2D eigenvalue weighted by atomic mass is 10.1. The number of aromatic nitrogens is 2. The van der Waals surface area contributed by atoms with Gasteiger partial charge in [0.2, 0.25) is 0 Å². The molecular formula is C22H23BrClFN4O2. The first-order valence-electron chi connectivity index (χ1n) is 10.3. The Balaban J connectivity index is 1.73. The van der Waals surface area contributed by atoms with Crippen LogP contribution in [0.5, 0.6) is 0 Å². The van der Waals surface area contributed by atoms with E-state index in [4.69, 9.17) is 16.4 Å². The molecule has 4 rings (SSSR count). The lowest BCUT2D eigenvalue weighted by molar-refractivity contribution is 0.0271. The van der Waals surface area contributed by atoms with Crippen molar-refractivity contribution in [2.45, 2.75) is 39.2 Å². The number of unbranched alkanes of at least 4 members (excludes halogenated alkanes) is 1.